The highest BCUT2D eigenvalue weighted by molar-refractivity contribution is 8.00. The van der Waals surface area contributed by atoms with Crippen LogP contribution in [0.3, 0.4) is 0 Å². The first-order valence-electron chi connectivity index (χ1n) is 5.20. The summed E-state index contributed by atoms with van der Waals surface area (Å²) in [4.78, 5) is 30.1. The second kappa shape index (κ2) is 4.81. The van der Waals surface area contributed by atoms with Gasteiger partial charge in [-0.05, 0) is 0 Å². The maximum atomic E-state index is 11.9. The molecule has 1 saturated heterocycles. The summed E-state index contributed by atoms with van der Waals surface area (Å²) in [7, 11) is 3.61. The fourth-order valence-corrected chi connectivity index (χ4v) is 3.31. The van der Waals surface area contributed by atoms with Gasteiger partial charge in [0.15, 0.2) is 6.04 Å². The standard InChI is InChI=1S/C10H12ClN3O3S/c1-13(2)4-12-6-8(15)14-7(10(16)17)5(11)3-18-9(6)14/h4,6,9H,3H2,1-2H3,(H,16,17)/t6-,9-/m1/s1. The molecule has 2 aliphatic heterocycles. The molecule has 0 saturated carbocycles. The molecule has 18 heavy (non-hydrogen) atoms. The summed E-state index contributed by atoms with van der Waals surface area (Å²) in [5.41, 5.74) is -0.110. The van der Waals surface area contributed by atoms with Gasteiger partial charge in [0.25, 0.3) is 5.91 Å². The number of nitrogens with zero attached hydrogens (tertiary/aromatic N) is 3. The van der Waals surface area contributed by atoms with E-state index in [1.165, 1.54) is 16.7 Å². The monoisotopic (exact) mass is 289 g/mol. The van der Waals surface area contributed by atoms with E-state index in [-0.39, 0.29) is 22.0 Å². The van der Waals surface area contributed by atoms with Crippen molar-refractivity contribution >= 4 is 41.6 Å². The molecule has 0 spiro atoms. The number of halogens is 1. The zero-order valence-corrected chi connectivity index (χ0v) is 11.4. The Morgan fingerprint density at radius 2 is 2.33 bits per heavy atom. The predicted octanol–water partition coefficient (Wildman–Crippen LogP) is 0.395. The summed E-state index contributed by atoms with van der Waals surface area (Å²) < 4.78 is 0. The molecule has 2 heterocycles. The van der Waals surface area contributed by atoms with Crippen LogP contribution in [0.4, 0.5) is 0 Å². The number of amides is 1. The van der Waals surface area contributed by atoms with Crippen LogP contribution in [0.25, 0.3) is 0 Å². The molecule has 2 aliphatic rings. The molecule has 0 bridgehead atoms. The number of carboxylic acids is 1. The van der Waals surface area contributed by atoms with E-state index in [1.54, 1.807) is 25.3 Å². The normalized spacial score (nSPS) is 27.3. The van der Waals surface area contributed by atoms with E-state index < -0.39 is 12.0 Å². The van der Waals surface area contributed by atoms with Crippen molar-refractivity contribution in [1.29, 1.82) is 0 Å². The molecular formula is C10H12ClN3O3S. The van der Waals surface area contributed by atoms with Crippen molar-refractivity contribution in [3.05, 3.63) is 10.7 Å². The third kappa shape index (κ3) is 2.08. The predicted molar refractivity (Wildman–Crippen MR) is 69.6 cm³/mol. The van der Waals surface area contributed by atoms with E-state index in [4.69, 9.17) is 16.7 Å². The fraction of sp³-hybridized carbons (Fsp3) is 0.500. The van der Waals surface area contributed by atoms with Crippen molar-refractivity contribution in [3.8, 4) is 0 Å². The fourth-order valence-electron chi connectivity index (χ4n) is 1.77. The average Bonchev–Trinajstić information content (AvgIpc) is 2.28. The van der Waals surface area contributed by atoms with Gasteiger partial charge in [-0.1, -0.05) is 11.6 Å². The smallest absolute Gasteiger partial charge is 0.353 e. The van der Waals surface area contributed by atoms with Crippen LogP contribution >= 0.6 is 23.4 Å². The van der Waals surface area contributed by atoms with E-state index in [9.17, 15) is 9.59 Å². The Kier molecular flexibility index (Phi) is 3.54. The molecule has 0 aliphatic carbocycles. The number of hydrogen-bond donors (Lipinski definition) is 1. The van der Waals surface area contributed by atoms with Gasteiger partial charge in [0, 0.05) is 19.8 Å². The number of rotatable bonds is 3. The SMILES string of the molecule is CN(C)C=N[C@@H]1C(=O)N2C(C(=O)O)=C(Cl)CS[C@H]12. The summed E-state index contributed by atoms with van der Waals surface area (Å²) in [5, 5.41) is 9.00. The molecular weight excluding hydrogens is 278 g/mol. The van der Waals surface area contributed by atoms with Crippen LogP contribution in [0.15, 0.2) is 15.7 Å². The highest BCUT2D eigenvalue weighted by Crippen LogP contribution is 2.42. The van der Waals surface area contributed by atoms with Crippen LogP contribution in [0.5, 0.6) is 0 Å². The van der Waals surface area contributed by atoms with Crippen LogP contribution in [0.1, 0.15) is 0 Å². The van der Waals surface area contributed by atoms with Gasteiger partial charge in [-0.2, -0.15) is 0 Å². The lowest BCUT2D eigenvalue weighted by molar-refractivity contribution is -0.147. The minimum absolute atomic E-state index is 0.110. The Labute approximate surface area is 113 Å². The van der Waals surface area contributed by atoms with Crippen molar-refractivity contribution in [2.24, 2.45) is 4.99 Å². The van der Waals surface area contributed by atoms with Crippen molar-refractivity contribution in [2.75, 3.05) is 19.8 Å². The number of thioether (sulfide) groups is 1. The van der Waals surface area contributed by atoms with E-state index in [0.717, 1.165) is 0 Å². The number of carbonyl (C=O) groups is 2. The van der Waals surface area contributed by atoms with Gasteiger partial charge in [-0.15, -0.1) is 11.8 Å². The second-order valence-electron chi connectivity index (χ2n) is 4.14. The first-order chi connectivity index (χ1) is 8.43. The zero-order chi connectivity index (χ0) is 13.4. The van der Waals surface area contributed by atoms with Crippen LogP contribution in [-0.2, 0) is 9.59 Å². The quantitative estimate of drug-likeness (QED) is 0.462. The first kappa shape index (κ1) is 13.2. The molecule has 0 aromatic heterocycles. The number of fused-ring (bicyclic) bond motifs is 1. The van der Waals surface area contributed by atoms with Gasteiger partial charge in [0.05, 0.1) is 11.4 Å². The van der Waals surface area contributed by atoms with Crippen LogP contribution in [-0.4, -0.2) is 64.4 Å². The number of β-lactam (4-membered cyclic amide) rings is 1. The summed E-state index contributed by atoms with van der Waals surface area (Å²) in [6.07, 6.45) is 1.56. The molecule has 6 nitrogen and oxygen atoms in total. The first-order valence-corrected chi connectivity index (χ1v) is 6.62. The molecule has 0 radical (unpaired) electrons. The lowest BCUT2D eigenvalue weighted by Crippen LogP contribution is -2.64. The molecule has 2 atom stereocenters. The maximum Gasteiger partial charge on any atom is 0.353 e. The molecule has 1 amide bonds. The molecule has 0 aromatic carbocycles. The molecule has 98 valence electrons. The minimum atomic E-state index is -1.17. The maximum absolute atomic E-state index is 11.9. The molecule has 0 aromatic rings. The Morgan fingerprint density at radius 3 is 2.89 bits per heavy atom. The van der Waals surface area contributed by atoms with E-state index in [2.05, 4.69) is 4.99 Å². The minimum Gasteiger partial charge on any atom is -0.477 e. The second-order valence-corrected chi connectivity index (χ2v) is 5.70. The number of aliphatic carboxylic acids is 1. The van der Waals surface area contributed by atoms with Gasteiger partial charge in [0.2, 0.25) is 0 Å². The lowest BCUT2D eigenvalue weighted by atomic mass is 10.1. The molecule has 2 rings (SSSR count). The highest BCUT2D eigenvalue weighted by atomic mass is 35.5. The Bertz CT molecular complexity index is 463. The van der Waals surface area contributed by atoms with Crippen molar-refractivity contribution in [2.45, 2.75) is 11.4 Å². The van der Waals surface area contributed by atoms with E-state index >= 15 is 0 Å². The molecule has 1 fully saturated rings. The number of aliphatic imine (C=N–C) groups is 1. The Balaban J connectivity index is 2.21. The molecule has 1 N–H and O–H groups in total. The van der Waals surface area contributed by atoms with E-state index in [0.29, 0.717) is 5.75 Å². The van der Waals surface area contributed by atoms with Gasteiger partial charge in [-0.3, -0.25) is 14.7 Å². The number of hydrogen-bond acceptors (Lipinski definition) is 4. The van der Waals surface area contributed by atoms with Gasteiger partial charge in [-0.25, -0.2) is 4.79 Å². The largest absolute Gasteiger partial charge is 0.477 e. The van der Waals surface area contributed by atoms with Crippen molar-refractivity contribution < 1.29 is 14.7 Å². The van der Waals surface area contributed by atoms with E-state index in [1.807, 2.05) is 0 Å². The van der Waals surface area contributed by atoms with Gasteiger partial charge in [0.1, 0.15) is 11.1 Å². The average molecular weight is 290 g/mol. The van der Waals surface area contributed by atoms with Gasteiger partial charge < -0.3 is 10.0 Å². The van der Waals surface area contributed by atoms with Crippen LogP contribution in [0, 0.1) is 0 Å². The summed E-state index contributed by atoms with van der Waals surface area (Å²) >= 11 is 7.28. The Morgan fingerprint density at radius 1 is 1.67 bits per heavy atom. The molecule has 0 unspecified atom stereocenters. The van der Waals surface area contributed by atoms with Gasteiger partial charge >= 0.3 is 5.97 Å². The number of carboxylic acid groups (broad SMARTS) is 1. The van der Waals surface area contributed by atoms with Crippen molar-refractivity contribution in [1.82, 2.24) is 9.80 Å². The zero-order valence-electron chi connectivity index (χ0n) is 9.83. The summed E-state index contributed by atoms with van der Waals surface area (Å²) in [6.45, 7) is 0. The summed E-state index contributed by atoms with van der Waals surface area (Å²) in [6, 6.07) is -0.517. The van der Waals surface area contributed by atoms with Crippen LogP contribution < -0.4 is 0 Å². The highest BCUT2D eigenvalue weighted by Gasteiger charge is 2.53. The third-order valence-corrected chi connectivity index (χ3v) is 4.29. The molecule has 8 heteroatoms. The lowest BCUT2D eigenvalue weighted by Gasteiger charge is -2.47. The summed E-state index contributed by atoms with van der Waals surface area (Å²) in [5.74, 6) is -1.10. The topological polar surface area (TPSA) is 73.2 Å². The van der Waals surface area contributed by atoms with Crippen molar-refractivity contribution in [3.63, 3.8) is 0 Å². The third-order valence-electron chi connectivity index (χ3n) is 2.55. The Hall–Kier alpha value is -1.21. The number of carbonyl (C=O) groups excluding carboxylic acids is 1. The van der Waals surface area contributed by atoms with Crippen LogP contribution in [0.2, 0.25) is 0 Å².